The van der Waals surface area contributed by atoms with Crippen LogP contribution in [0.4, 0.5) is 8.78 Å². The molecule has 0 bridgehead atoms. The van der Waals surface area contributed by atoms with Gasteiger partial charge in [-0.2, -0.15) is 0 Å². The predicted octanol–water partition coefficient (Wildman–Crippen LogP) is 5.32. The zero-order valence-electron chi connectivity index (χ0n) is 19.3. The van der Waals surface area contributed by atoms with E-state index in [1.54, 1.807) is 12.1 Å². The highest BCUT2D eigenvalue weighted by Gasteiger charge is 2.32. The first kappa shape index (κ1) is 22.8. The number of ether oxygens (including phenoxy) is 2. The van der Waals surface area contributed by atoms with Crippen LogP contribution in [0.5, 0.6) is 5.75 Å². The van der Waals surface area contributed by atoms with Gasteiger partial charge in [-0.1, -0.05) is 6.42 Å². The molecule has 7 heteroatoms. The smallest absolute Gasteiger partial charge is 0.338 e. The lowest BCUT2D eigenvalue weighted by molar-refractivity contribution is 0.0597. The fourth-order valence-corrected chi connectivity index (χ4v) is 5.33. The Hall–Kier alpha value is -2.93. The Morgan fingerprint density at radius 1 is 1.26 bits per heavy atom. The average molecular weight is 469 g/mol. The first-order chi connectivity index (χ1) is 16.5. The third-order valence-electron chi connectivity index (χ3n) is 7.36. The molecule has 1 fully saturated rings. The summed E-state index contributed by atoms with van der Waals surface area (Å²) in [6.45, 7) is 0.361. The van der Waals surface area contributed by atoms with Crippen LogP contribution in [-0.4, -0.2) is 36.8 Å². The average Bonchev–Trinajstić information content (AvgIpc) is 3.19. The molecule has 1 saturated carbocycles. The molecule has 2 N–H and O–H groups in total. The van der Waals surface area contributed by atoms with Gasteiger partial charge in [-0.25, -0.2) is 13.6 Å². The summed E-state index contributed by atoms with van der Waals surface area (Å²) in [7, 11) is 1.33. The number of aryl methyl sites for hydroxylation is 1. The predicted molar refractivity (Wildman–Crippen MR) is 126 cm³/mol. The maximum absolute atomic E-state index is 14.3. The fraction of sp³-hybridized carbons (Fsp3) is 0.444. The van der Waals surface area contributed by atoms with Gasteiger partial charge in [0.2, 0.25) is 0 Å². The summed E-state index contributed by atoms with van der Waals surface area (Å²) in [5, 5.41) is 4.71. The molecule has 0 radical (unpaired) electrons. The van der Waals surface area contributed by atoms with Gasteiger partial charge in [-0.15, -0.1) is 0 Å². The molecule has 180 valence electrons. The van der Waals surface area contributed by atoms with E-state index in [0.717, 1.165) is 35.7 Å². The van der Waals surface area contributed by atoms with Crippen molar-refractivity contribution in [1.29, 1.82) is 0 Å². The number of nitrogens with one attached hydrogen (secondary N) is 2. The summed E-state index contributed by atoms with van der Waals surface area (Å²) in [4.78, 5) is 15.4. The second-order valence-electron chi connectivity index (χ2n) is 9.47. The quantitative estimate of drug-likeness (QED) is 0.440. The van der Waals surface area contributed by atoms with Gasteiger partial charge in [-0.3, -0.25) is 0 Å². The lowest BCUT2D eigenvalue weighted by atomic mass is 9.77. The number of carbonyl (C=O) groups is 1. The van der Waals surface area contributed by atoms with E-state index in [1.807, 2.05) is 6.20 Å². The highest BCUT2D eigenvalue weighted by molar-refractivity contribution is 5.92. The van der Waals surface area contributed by atoms with Gasteiger partial charge in [0.15, 0.2) is 11.6 Å². The van der Waals surface area contributed by atoms with Crippen LogP contribution in [0.15, 0.2) is 36.5 Å². The number of rotatable bonds is 8. The third-order valence-corrected chi connectivity index (χ3v) is 7.36. The highest BCUT2D eigenvalue weighted by Crippen LogP contribution is 2.35. The normalized spacial score (nSPS) is 18.7. The van der Waals surface area contributed by atoms with Crippen molar-refractivity contribution in [3.05, 3.63) is 64.9 Å². The lowest BCUT2D eigenvalue weighted by Crippen LogP contribution is -2.49. The molecule has 0 amide bonds. The SMILES string of the molecule is COC(=O)c1ccc(F)c2c1C[C@@H](NC(CCCc1c[nH]c3ccc(F)cc13)C1CCC1)CO2. The van der Waals surface area contributed by atoms with Gasteiger partial charge in [0, 0.05) is 34.7 Å². The molecule has 0 spiro atoms. The molecule has 1 aromatic heterocycles. The number of esters is 1. The van der Waals surface area contributed by atoms with Crippen LogP contribution in [-0.2, 0) is 17.6 Å². The standard InChI is InChI=1S/C27H30F2N2O3/c1-33-27(32)20-9-10-23(29)26-22(20)13-19(15-34-26)31-24(16-4-2-5-16)7-3-6-17-14-30-25-11-8-18(28)12-21(17)25/h8-12,14,16,19,24,30-31H,2-7,13,15H2,1H3/t19-,24?/m1/s1. The molecule has 1 aliphatic heterocycles. The topological polar surface area (TPSA) is 63.3 Å². The van der Waals surface area contributed by atoms with Crippen LogP contribution < -0.4 is 10.1 Å². The van der Waals surface area contributed by atoms with Crippen LogP contribution in [0.2, 0.25) is 0 Å². The summed E-state index contributed by atoms with van der Waals surface area (Å²) < 4.78 is 38.7. The first-order valence-electron chi connectivity index (χ1n) is 12.1. The van der Waals surface area contributed by atoms with Crippen LogP contribution in [0.1, 0.15) is 53.6 Å². The molecule has 2 aromatic carbocycles. The summed E-state index contributed by atoms with van der Waals surface area (Å²) in [5.41, 5.74) is 3.02. The molecule has 2 heterocycles. The maximum atomic E-state index is 14.3. The maximum Gasteiger partial charge on any atom is 0.338 e. The van der Waals surface area contributed by atoms with Gasteiger partial charge >= 0.3 is 5.97 Å². The number of H-pyrrole nitrogens is 1. The minimum Gasteiger partial charge on any atom is -0.489 e. The number of hydrogen-bond acceptors (Lipinski definition) is 4. The number of halogens is 2. The Morgan fingerprint density at radius 2 is 2.12 bits per heavy atom. The number of aromatic amines is 1. The molecule has 5 nitrogen and oxygen atoms in total. The van der Waals surface area contributed by atoms with E-state index in [4.69, 9.17) is 9.47 Å². The van der Waals surface area contributed by atoms with Crippen LogP contribution >= 0.6 is 0 Å². The molecule has 3 aromatic rings. The Kier molecular flexibility index (Phi) is 6.55. The molecule has 0 saturated heterocycles. The van der Waals surface area contributed by atoms with Crippen LogP contribution in [0.3, 0.4) is 0 Å². The van der Waals surface area contributed by atoms with Crippen LogP contribution in [0.25, 0.3) is 10.9 Å². The van der Waals surface area contributed by atoms with E-state index in [9.17, 15) is 13.6 Å². The number of methoxy groups -OCH3 is 1. The molecular formula is C27H30F2N2O3. The van der Waals surface area contributed by atoms with Crippen molar-refractivity contribution in [3.63, 3.8) is 0 Å². The first-order valence-corrected chi connectivity index (χ1v) is 12.1. The number of benzene rings is 2. The van der Waals surface area contributed by atoms with Crippen LogP contribution in [0, 0.1) is 17.6 Å². The van der Waals surface area contributed by atoms with E-state index in [0.29, 0.717) is 36.1 Å². The number of aromatic nitrogens is 1. The second kappa shape index (κ2) is 9.74. The number of fused-ring (bicyclic) bond motifs is 2. The van der Waals surface area contributed by atoms with Crippen molar-refractivity contribution in [2.45, 2.75) is 57.0 Å². The van der Waals surface area contributed by atoms with Gasteiger partial charge in [0.25, 0.3) is 0 Å². The number of hydrogen-bond donors (Lipinski definition) is 2. The Labute approximate surface area is 197 Å². The molecule has 1 aliphatic carbocycles. The van der Waals surface area contributed by atoms with Crippen molar-refractivity contribution < 1.29 is 23.0 Å². The van der Waals surface area contributed by atoms with Crippen molar-refractivity contribution >= 4 is 16.9 Å². The van der Waals surface area contributed by atoms with Crippen molar-refractivity contribution in [3.8, 4) is 5.75 Å². The van der Waals surface area contributed by atoms with E-state index in [-0.39, 0.29) is 17.6 Å². The number of carbonyl (C=O) groups excluding carboxylic acids is 1. The Bertz CT molecular complexity index is 1190. The lowest BCUT2D eigenvalue weighted by Gasteiger charge is -2.38. The van der Waals surface area contributed by atoms with E-state index < -0.39 is 11.8 Å². The fourth-order valence-electron chi connectivity index (χ4n) is 5.33. The third kappa shape index (κ3) is 4.53. The summed E-state index contributed by atoms with van der Waals surface area (Å²) in [5.74, 6) is -0.386. The minimum atomic E-state index is -0.480. The van der Waals surface area contributed by atoms with Crippen molar-refractivity contribution in [2.75, 3.05) is 13.7 Å². The minimum absolute atomic E-state index is 0.00880. The summed E-state index contributed by atoms with van der Waals surface area (Å²) in [6, 6.07) is 7.88. The zero-order valence-corrected chi connectivity index (χ0v) is 19.3. The highest BCUT2D eigenvalue weighted by atomic mass is 19.1. The summed E-state index contributed by atoms with van der Waals surface area (Å²) >= 11 is 0. The Morgan fingerprint density at radius 3 is 2.88 bits per heavy atom. The zero-order chi connectivity index (χ0) is 23.7. The molecule has 2 aliphatic rings. The monoisotopic (exact) mass is 468 g/mol. The molecule has 5 rings (SSSR count). The van der Waals surface area contributed by atoms with Gasteiger partial charge in [0.1, 0.15) is 12.4 Å². The van der Waals surface area contributed by atoms with Gasteiger partial charge < -0.3 is 19.8 Å². The van der Waals surface area contributed by atoms with Gasteiger partial charge in [-0.05, 0) is 80.3 Å². The van der Waals surface area contributed by atoms with Gasteiger partial charge in [0.05, 0.1) is 12.7 Å². The van der Waals surface area contributed by atoms with E-state index in [2.05, 4.69) is 10.3 Å². The molecular weight excluding hydrogens is 438 g/mol. The molecule has 2 atom stereocenters. The second-order valence-corrected chi connectivity index (χ2v) is 9.47. The van der Waals surface area contributed by atoms with E-state index >= 15 is 0 Å². The van der Waals surface area contributed by atoms with E-state index in [1.165, 1.54) is 44.6 Å². The molecule has 34 heavy (non-hydrogen) atoms. The Balaban J connectivity index is 1.26. The van der Waals surface area contributed by atoms with Crippen molar-refractivity contribution in [1.82, 2.24) is 10.3 Å². The largest absolute Gasteiger partial charge is 0.489 e. The summed E-state index contributed by atoms with van der Waals surface area (Å²) in [6.07, 6.45) is 8.96. The molecule has 1 unspecified atom stereocenters. The van der Waals surface area contributed by atoms with Crippen molar-refractivity contribution in [2.24, 2.45) is 5.92 Å².